The maximum atomic E-state index is 13.8. The molecule has 184 valence electrons. The number of nitrogens with zero attached hydrogens (tertiary/aromatic N) is 6. The molecule has 1 aromatic carbocycles. The van der Waals surface area contributed by atoms with Gasteiger partial charge in [-0.3, -0.25) is 23.8 Å². The summed E-state index contributed by atoms with van der Waals surface area (Å²) in [4.78, 5) is 38.7. The number of halogens is 1. The van der Waals surface area contributed by atoms with Crippen molar-refractivity contribution in [3.8, 4) is 5.69 Å². The number of hydrogen-bond acceptors (Lipinski definition) is 7. The van der Waals surface area contributed by atoms with Crippen molar-refractivity contribution in [2.24, 2.45) is 7.05 Å². The molecule has 4 heterocycles. The van der Waals surface area contributed by atoms with E-state index in [9.17, 15) is 14.0 Å². The molecule has 0 atom stereocenters. The van der Waals surface area contributed by atoms with Crippen molar-refractivity contribution >= 4 is 34.3 Å². The van der Waals surface area contributed by atoms with Gasteiger partial charge in [-0.2, -0.15) is 10.1 Å². The number of hydrogen-bond donors (Lipinski definition) is 2. The van der Waals surface area contributed by atoms with E-state index >= 15 is 0 Å². The third-order valence-corrected chi connectivity index (χ3v) is 5.49. The van der Waals surface area contributed by atoms with Crippen molar-refractivity contribution in [3.63, 3.8) is 0 Å². The second-order valence-corrected chi connectivity index (χ2v) is 8.20. The van der Waals surface area contributed by atoms with Crippen LogP contribution < -0.4 is 16.2 Å². The predicted octanol–water partition coefficient (Wildman–Crippen LogP) is 3.51. The van der Waals surface area contributed by atoms with Crippen LogP contribution in [-0.2, 0) is 18.3 Å². The van der Waals surface area contributed by atoms with E-state index in [1.165, 1.54) is 16.7 Å². The number of aromatic nitrogens is 6. The zero-order valence-electron chi connectivity index (χ0n) is 19.7. The highest BCUT2D eigenvalue weighted by atomic mass is 19.1. The van der Waals surface area contributed by atoms with E-state index in [1.807, 2.05) is 0 Å². The maximum Gasteiger partial charge on any atom is 0.260 e. The Morgan fingerprint density at radius 3 is 2.70 bits per heavy atom. The Hall–Kier alpha value is -5.19. The molecular formula is C26H21FN8O2. The van der Waals surface area contributed by atoms with E-state index in [2.05, 4.69) is 37.3 Å². The van der Waals surface area contributed by atoms with Gasteiger partial charge in [0.05, 0.1) is 23.8 Å². The molecule has 10 nitrogen and oxygen atoms in total. The van der Waals surface area contributed by atoms with Gasteiger partial charge in [0.1, 0.15) is 5.82 Å². The third kappa shape index (κ3) is 5.10. The van der Waals surface area contributed by atoms with Crippen LogP contribution in [0.5, 0.6) is 0 Å². The summed E-state index contributed by atoms with van der Waals surface area (Å²) in [5, 5.41) is 10.5. The summed E-state index contributed by atoms with van der Waals surface area (Å²) in [7, 11) is 1.79. The standard InChI is InChI=1S/C26H21FN8O2/c1-3-23(36)31-20-5-4-6-22(11-20)35-24-17(12-29-26(33-24)32-21-14-30-34(2)15-21)9-16(25(35)37)10-19-8-7-18(27)13-28-19/h3-9,11-15H,1,10H2,2H3,(H,31,36)(H,29,32,33). The number of nitrogens with one attached hydrogen (secondary N) is 2. The van der Waals surface area contributed by atoms with Crippen LogP contribution >= 0.6 is 0 Å². The van der Waals surface area contributed by atoms with E-state index in [-0.39, 0.29) is 23.8 Å². The minimum absolute atomic E-state index is 0.178. The first-order chi connectivity index (χ1) is 17.9. The topological polar surface area (TPSA) is 120 Å². The molecule has 5 rings (SSSR count). The number of carbonyl (C=O) groups is 1. The summed E-state index contributed by atoms with van der Waals surface area (Å²) in [5.41, 5.74) is 2.62. The number of aryl methyl sites for hydroxylation is 1. The first kappa shape index (κ1) is 23.5. The molecule has 0 saturated heterocycles. The maximum absolute atomic E-state index is 13.8. The second kappa shape index (κ2) is 9.82. The molecule has 0 aliphatic heterocycles. The van der Waals surface area contributed by atoms with Crippen LogP contribution in [-0.4, -0.2) is 35.2 Å². The van der Waals surface area contributed by atoms with E-state index in [1.54, 1.807) is 60.7 Å². The highest BCUT2D eigenvalue weighted by Gasteiger charge is 2.16. The molecule has 4 aromatic heterocycles. The fourth-order valence-corrected chi connectivity index (χ4v) is 3.82. The van der Waals surface area contributed by atoms with Gasteiger partial charge in [-0.15, -0.1) is 0 Å². The molecule has 0 unspecified atom stereocenters. The molecule has 1 amide bonds. The van der Waals surface area contributed by atoms with Gasteiger partial charge < -0.3 is 10.6 Å². The van der Waals surface area contributed by atoms with Crippen molar-refractivity contribution < 1.29 is 9.18 Å². The molecule has 37 heavy (non-hydrogen) atoms. The Morgan fingerprint density at radius 1 is 1.11 bits per heavy atom. The van der Waals surface area contributed by atoms with Crippen LogP contribution in [0.3, 0.4) is 0 Å². The number of fused-ring (bicyclic) bond motifs is 1. The molecule has 5 aromatic rings. The monoisotopic (exact) mass is 496 g/mol. The van der Waals surface area contributed by atoms with E-state index in [0.29, 0.717) is 39.4 Å². The zero-order chi connectivity index (χ0) is 25.9. The van der Waals surface area contributed by atoms with Crippen molar-refractivity contribution in [2.75, 3.05) is 10.6 Å². The predicted molar refractivity (Wildman–Crippen MR) is 137 cm³/mol. The normalized spacial score (nSPS) is 10.9. The lowest BCUT2D eigenvalue weighted by Gasteiger charge is -2.14. The highest BCUT2D eigenvalue weighted by molar-refractivity contribution is 5.99. The summed E-state index contributed by atoms with van der Waals surface area (Å²) in [6.45, 7) is 3.47. The van der Waals surface area contributed by atoms with E-state index in [4.69, 9.17) is 0 Å². The summed E-state index contributed by atoms with van der Waals surface area (Å²) in [6, 6.07) is 11.4. The van der Waals surface area contributed by atoms with E-state index < -0.39 is 5.82 Å². The number of benzene rings is 1. The fraction of sp³-hybridized carbons (Fsp3) is 0.0769. The number of amides is 1. The first-order valence-electron chi connectivity index (χ1n) is 11.2. The molecule has 0 radical (unpaired) electrons. The Morgan fingerprint density at radius 2 is 1.97 bits per heavy atom. The average Bonchev–Trinajstić information content (AvgIpc) is 3.30. The van der Waals surface area contributed by atoms with Crippen molar-refractivity contribution in [1.29, 1.82) is 0 Å². The van der Waals surface area contributed by atoms with Crippen molar-refractivity contribution in [3.05, 3.63) is 107 Å². The van der Waals surface area contributed by atoms with Crippen molar-refractivity contribution in [2.45, 2.75) is 6.42 Å². The zero-order valence-corrected chi connectivity index (χ0v) is 19.7. The largest absolute Gasteiger partial charge is 0.322 e. The quantitative estimate of drug-likeness (QED) is 0.331. The molecule has 0 aliphatic carbocycles. The van der Waals surface area contributed by atoms with Crippen LogP contribution in [0, 0.1) is 5.82 Å². The molecule has 0 aliphatic rings. The average molecular weight is 497 g/mol. The summed E-state index contributed by atoms with van der Waals surface area (Å²) < 4.78 is 16.4. The Kier molecular flexibility index (Phi) is 6.25. The van der Waals surface area contributed by atoms with Gasteiger partial charge in [0, 0.05) is 48.2 Å². The summed E-state index contributed by atoms with van der Waals surface area (Å²) in [5.74, 6) is -0.561. The summed E-state index contributed by atoms with van der Waals surface area (Å²) >= 11 is 0. The SMILES string of the molecule is C=CC(=O)Nc1cccc(-n2c(=O)c(Cc3ccc(F)cn3)cc3cnc(Nc4cnn(C)c4)nc32)c1. The molecule has 0 saturated carbocycles. The van der Waals surface area contributed by atoms with Gasteiger partial charge in [0.2, 0.25) is 11.9 Å². The Labute approximate surface area is 210 Å². The van der Waals surface area contributed by atoms with Gasteiger partial charge in [-0.1, -0.05) is 12.6 Å². The van der Waals surface area contributed by atoms with Gasteiger partial charge in [0.15, 0.2) is 5.65 Å². The van der Waals surface area contributed by atoms with E-state index in [0.717, 1.165) is 12.3 Å². The highest BCUT2D eigenvalue weighted by Crippen LogP contribution is 2.22. The smallest absolute Gasteiger partial charge is 0.260 e. The number of anilines is 3. The number of carbonyl (C=O) groups excluding carboxylic acids is 1. The fourth-order valence-electron chi connectivity index (χ4n) is 3.82. The molecule has 11 heteroatoms. The van der Waals surface area contributed by atoms with Crippen LogP contribution in [0.4, 0.5) is 21.7 Å². The molecule has 0 spiro atoms. The van der Waals surface area contributed by atoms with Crippen LogP contribution in [0.15, 0.2) is 84.7 Å². The van der Waals surface area contributed by atoms with Gasteiger partial charge in [0.25, 0.3) is 5.56 Å². The van der Waals surface area contributed by atoms with Crippen molar-refractivity contribution in [1.82, 2.24) is 29.3 Å². The molecule has 0 bridgehead atoms. The lowest BCUT2D eigenvalue weighted by Crippen LogP contribution is -2.24. The number of rotatable bonds is 7. The molecular weight excluding hydrogens is 475 g/mol. The third-order valence-electron chi connectivity index (χ3n) is 5.49. The minimum atomic E-state index is -0.458. The van der Waals surface area contributed by atoms with Gasteiger partial charge in [-0.25, -0.2) is 9.37 Å². The van der Waals surface area contributed by atoms with Gasteiger partial charge in [-0.05, 0) is 42.5 Å². The van der Waals surface area contributed by atoms with Crippen LogP contribution in [0.25, 0.3) is 16.7 Å². The Balaban J connectivity index is 1.66. The number of pyridine rings is 2. The van der Waals surface area contributed by atoms with Crippen LogP contribution in [0.2, 0.25) is 0 Å². The second-order valence-electron chi connectivity index (χ2n) is 8.20. The minimum Gasteiger partial charge on any atom is -0.322 e. The molecule has 2 N–H and O–H groups in total. The molecule has 0 fully saturated rings. The lowest BCUT2D eigenvalue weighted by molar-refractivity contribution is -0.111. The van der Waals surface area contributed by atoms with Crippen LogP contribution in [0.1, 0.15) is 11.3 Å². The first-order valence-corrected chi connectivity index (χ1v) is 11.2. The lowest BCUT2D eigenvalue weighted by atomic mass is 10.1. The van der Waals surface area contributed by atoms with Gasteiger partial charge >= 0.3 is 0 Å². The summed E-state index contributed by atoms with van der Waals surface area (Å²) in [6.07, 6.45) is 7.46. The Bertz CT molecular complexity index is 1690.